The van der Waals surface area contributed by atoms with Crippen LogP contribution in [0.1, 0.15) is 18.4 Å². The minimum Gasteiger partial charge on any atom is -0.396 e. The van der Waals surface area contributed by atoms with Crippen LogP contribution in [0.15, 0.2) is 30.3 Å². The van der Waals surface area contributed by atoms with Crippen LogP contribution >= 0.6 is 0 Å². The van der Waals surface area contributed by atoms with Gasteiger partial charge in [0.05, 0.1) is 0 Å². The van der Waals surface area contributed by atoms with Gasteiger partial charge in [-0.1, -0.05) is 30.3 Å². The van der Waals surface area contributed by atoms with E-state index in [1.165, 1.54) is 5.56 Å². The van der Waals surface area contributed by atoms with Crippen molar-refractivity contribution < 1.29 is 9.90 Å². The van der Waals surface area contributed by atoms with Gasteiger partial charge < -0.3 is 10.0 Å². The maximum Gasteiger partial charge on any atom is 0.219 e. The molecule has 1 N–H and O–H groups in total. The van der Waals surface area contributed by atoms with Gasteiger partial charge >= 0.3 is 0 Å². The second-order valence-electron chi connectivity index (χ2n) is 5.91. The zero-order valence-electron chi connectivity index (χ0n) is 11.9. The molecular weight excluding hydrogens is 252 g/mol. The highest BCUT2D eigenvalue weighted by Crippen LogP contribution is 2.39. The van der Waals surface area contributed by atoms with Gasteiger partial charge in [0.1, 0.15) is 0 Å². The smallest absolute Gasteiger partial charge is 0.219 e. The van der Waals surface area contributed by atoms with Crippen molar-refractivity contribution in [3.63, 3.8) is 0 Å². The Hall–Kier alpha value is -1.39. The lowest BCUT2D eigenvalue weighted by Gasteiger charge is -2.39. The van der Waals surface area contributed by atoms with E-state index in [1.54, 1.807) is 6.92 Å². The number of aliphatic hydroxyl groups is 1. The molecule has 20 heavy (non-hydrogen) atoms. The Morgan fingerprint density at radius 1 is 1.25 bits per heavy atom. The minimum absolute atomic E-state index is 0.156. The third-order valence-electron chi connectivity index (χ3n) is 4.79. The molecule has 2 heterocycles. The summed E-state index contributed by atoms with van der Waals surface area (Å²) in [4.78, 5) is 16.0. The van der Waals surface area contributed by atoms with Crippen molar-refractivity contribution in [3.05, 3.63) is 35.9 Å². The number of hydrogen-bond donors (Lipinski definition) is 1. The molecule has 4 nitrogen and oxygen atoms in total. The Morgan fingerprint density at radius 2 is 2.00 bits per heavy atom. The molecule has 0 unspecified atom stereocenters. The Morgan fingerprint density at radius 3 is 2.65 bits per heavy atom. The normalized spacial score (nSPS) is 30.3. The summed E-state index contributed by atoms with van der Waals surface area (Å²) in [6.07, 6.45) is 0. The van der Waals surface area contributed by atoms with E-state index in [0.29, 0.717) is 12.0 Å². The molecule has 108 valence electrons. The van der Waals surface area contributed by atoms with E-state index in [2.05, 4.69) is 29.2 Å². The minimum atomic E-state index is 0.156. The molecule has 2 saturated heterocycles. The first kappa shape index (κ1) is 13.6. The molecular formula is C16H22N2O2. The number of carbonyl (C=O) groups excluding carboxylic acids is 1. The number of fused-ring (bicyclic) bond motifs is 1. The van der Waals surface area contributed by atoms with Crippen LogP contribution in [-0.4, -0.2) is 59.6 Å². The van der Waals surface area contributed by atoms with Crippen molar-refractivity contribution in [2.24, 2.45) is 5.92 Å². The summed E-state index contributed by atoms with van der Waals surface area (Å²) >= 11 is 0. The van der Waals surface area contributed by atoms with E-state index in [4.69, 9.17) is 0 Å². The van der Waals surface area contributed by atoms with Gasteiger partial charge in [-0.2, -0.15) is 0 Å². The molecule has 4 heteroatoms. The molecule has 0 radical (unpaired) electrons. The van der Waals surface area contributed by atoms with E-state index in [9.17, 15) is 9.90 Å². The fraction of sp³-hybridized carbons (Fsp3) is 0.562. The van der Waals surface area contributed by atoms with Gasteiger partial charge in [-0.15, -0.1) is 0 Å². The molecule has 3 rings (SSSR count). The van der Waals surface area contributed by atoms with Crippen molar-refractivity contribution >= 4 is 5.91 Å². The molecule has 0 aromatic heterocycles. The summed E-state index contributed by atoms with van der Waals surface area (Å²) in [5.41, 5.74) is 1.28. The van der Waals surface area contributed by atoms with Gasteiger partial charge in [0.2, 0.25) is 5.91 Å². The molecule has 3 atom stereocenters. The zero-order chi connectivity index (χ0) is 14.1. The maximum atomic E-state index is 11.6. The summed E-state index contributed by atoms with van der Waals surface area (Å²) in [7, 11) is 0. The average molecular weight is 274 g/mol. The number of benzene rings is 1. The first-order chi connectivity index (χ1) is 9.70. The molecule has 2 fully saturated rings. The number of piperazine rings is 1. The molecule has 1 aromatic carbocycles. The number of amides is 1. The quantitative estimate of drug-likeness (QED) is 0.872. The SMILES string of the molecule is CC(=O)N1CCN2C[C@H](CO)[C@@H](c3ccccc3)[C@H]2C1. The average Bonchev–Trinajstić information content (AvgIpc) is 2.85. The van der Waals surface area contributed by atoms with Crippen molar-refractivity contribution in [2.45, 2.75) is 18.9 Å². The summed E-state index contributed by atoms with van der Waals surface area (Å²) in [6.45, 7) is 5.31. The Labute approximate surface area is 120 Å². The molecule has 0 aliphatic carbocycles. The Bertz CT molecular complexity index is 477. The van der Waals surface area contributed by atoms with E-state index >= 15 is 0 Å². The Kier molecular flexibility index (Phi) is 3.76. The van der Waals surface area contributed by atoms with Crippen LogP contribution in [0.3, 0.4) is 0 Å². The number of nitrogens with zero attached hydrogens (tertiary/aromatic N) is 2. The van der Waals surface area contributed by atoms with Gasteiger partial charge in [-0.3, -0.25) is 9.69 Å². The number of carbonyl (C=O) groups is 1. The van der Waals surface area contributed by atoms with Crippen LogP contribution in [0.4, 0.5) is 0 Å². The zero-order valence-corrected chi connectivity index (χ0v) is 11.9. The largest absolute Gasteiger partial charge is 0.396 e. The third-order valence-corrected chi connectivity index (χ3v) is 4.79. The van der Waals surface area contributed by atoms with Gasteiger partial charge in [0, 0.05) is 57.6 Å². The highest BCUT2D eigenvalue weighted by atomic mass is 16.3. The predicted octanol–water partition coefficient (Wildman–Crippen LogP) is 0.925. The fourth-order valence-corrected chi connectivity index (χ4v) is 3.77. The van der Waals surface area contributed by atoms with Gasteiger partial charge in [-0.05, 0) is 5.56 Å². The van der Waals surface area contributed by atoms with Crippen LogP contribution in [0.25, 0.3) is 0 Å². The Balaban J connectivity index is 1.87. The molecule has 0 bridgehead atoms. The maximum absolute atomic E-state index is 11.6. The van der Waals surface area contributed by atoms with E-state index < -0.39 is 0 Å². The molecule has 0 spiro atoms. The lowest BCUT2D eigenvalue weighted by atomic mass is 9.84. The second-order valence-corrected chi connectivity index (χ2v) is 5.91. The van der Waals surface area contributed by atoms with Crippen molar-refractivity contribution in [2.75, 3.05) is 32.8 Å². The monoisotopic (exact) mass is 274 g/mol. The summed E-state index contributed by atoms with van der Waals surface area (Å²) < 4.78 is 0. The van der Waals surface area contributed by atoms with Gasteiger partial charge in [0.15, 0.2) is 0 Å². The summed E-state index contributed by atoms with van der Waals surface area (Å²) in [5.74, 6) is 0.751. The highest BCUT2D eigenvalue weighted by molar-refractivity contribution is 5.73. The summed E-state index contributed by atoms with van der Waals surface area (Å²) in [6, 6.07) is 10.8. The molecule has 2 aliphatic heterocycles. The first-order valence-corrected chi connectivity index (χ1v) is 7.36. The van der Waals surface area contributed by atoms with E-state index in [0.717, 1.165) is 26.2 Å². The van der Waals surface area contributed by atoms with Crippen LogP contribution in [-0.2, 0) is 4.79 Å². The lowest BCUT2D eigenvalue weighted by molar-refractivity contribution is -0.131. The number of rotatable bonds is 2. The standard InChI is InChI=1S/C16H22N2O2/c1-12(20)17-7-8-18-9-14(11-19)16(15(18)10-17)13-5-3-2-4-6-13/h2-6,14-16,19H,7-11H2,1H3/t14-,15-,16-/m1/s1. The topological polar surface area (TPSA) is 43.8 Å². The number of aliphatic hydroxyl groups excluding tert-OH is 1. The van der Waals surface area contributed by atoms with Crippen LogP contribution < -0.4 is 0 Å². The second kappa shape index (κ2) is 5.54. The van der Waals surface area contributed by atoms with E-state index in [-0.39, 0.29) is 18.4 Å². The fourth-order valence-electron chi connectivity index (χ4n) is 3.77. The van der Waals surface area contributed by atoms with Crippen LogP contribution in [0.5, 0.6) is 0 Å². The van der Waals surface area contributed by atoms with Crippen LogP contribution in [0, 0.1) is 5.92 Å². The van der Waals surface area contributed by atoms with Crippen molar-refractivity contribution in [1.82, 2.24) is 9.80 Å². The van der Waals surface area contributed by atoms with Crippen molar-refractivity contribution in [3.8, 4) is 0 Å². The molecule has 0 saturated carbocycles. The molecule has 2 aliphatic rings. The highest BCUT2D eigenvalue weighted by Gasteiger charge is 2.44. The number of hydrogen-bond acceptors (Lipinski definition) is 3. The van der Waals surface area contributed by atoms with E-state index in [1.807, 2.05) is 11.0 Å². The van der Waals surface area contributed by atoms with Gasteiger partial charge in [0.25, 0.3) is 0 Å². The van der Waals surface area contributed by atoms with Crippen LogP contribution in [0.2, 0.25) is 0 Å². The predicted molar refractivity (Wildman–Crippen MR) is 77.4 cm³/mol. The van der Waals surface area contributed by atoms with Gasteiger partial charge in [-0.25, -0.2) is 0 Å². The third kappa shape index (κ3) is 2.34. The molecule has 1 amide bonds. The molecule has 1 aromatic rings. The summed E-state index contributed by atoms with van der Waals surface area (Å²) in [5, 5.41) is 9.71. The lowest BCUT2D eigenvalue weighted by Crippen LogP contribution is -2.52. The first-order valence-electron chi connectivity index (χ1n) is 7.36. The van der Waals surface area contributed by atoms with Crippen molar-refractivity contribution in [1.29, 1.82) is 0 Å².